The van der Waals surface area contributed by atoms with Gasteiger partial charge < -0.3 is 5.32 Å². The fourth-order valence-corrected chi connectivity index (χ4v) is 3.92. The summed E-state index contributed by atoms with van der Waals surface area (Å²) in [5.41, 5.74) is 4.36. The van der Waals surface area contributed by atoms with E-state index >= 15 is 0 Å². The van der Waals surface area contributed by atoms with Crippen LogP contribution in [0.1, 0.15) is 49.1 Å². The number of aromatic nitrogens is 4. The van der Waals surface area contributed by atoms with E-state index in [1.54, 1.807) is 0 Å². The third-order valence-corrected chi connectivity index (χ3v) is 5.38. The van der Waals surface area contributed by atoms with E-state index in [0.717, 1.165) is 30.0 Å². The predicted molar refractivity (Wildman–Crippen MR) is 103 cm³/mol. The Balaban J connectivity index is 1.78. The fourth-order valence-electron chi connectivity index (χ4n) is 3.92. The molecule has 0 atom stereocenters. The highest BCUT2D eigenvalue weighted by Gasteiger charge is 2.39. The maximum absolute atomic E-state index is 4.48. The van der Waals surface area contributed by atoms with Gasteiger partial charge in [0.25, 0.3) is 0 Å². The van der Waals surface area contributed by atoms with Crippen molar-refractivity contribution in [3.05, 3.63) is 65.5 Å². The zero-order chi connectivity index (χ0) is 18.0. The normalized spacial score (nSPS) is 16.4. The van der Waals surface area contributed by atoms with Crippen molar-refractivity contribution in [2.24, 2.45) is 0 Å². The number of tetrazole rings is 1. The van der Waals surface area contributed by atoms with Gasteiger partial charge in [-0.25, -0.2) is 0 Å². The van der Waals surface area contributed by atoms with E-state index in [1.165, 1.54) is 30.4 Å². The Kier molecular flexibility index (Phi) is 4.45. The SMILES string of the molecule is Cc1ccc(NC2(c3nnnn3-c3ccccc3C)CCCCC2)cc1. The van der Waals surface area contributed by atoms with Crippen LogP contribution in [-0.2, 0) is 5.54 Å². The largest absolute Gasteiger partial charge is 0.373 e. The van der Waals surface area contributed by atoms with Gasteiger partial charge >= 0.3 is 0 Å². The molecule has 2 aromatic carbocycles. The fraction of sp³-hybridized carbons (Fsp3) is 0.381. The number of nitrogens with zero attached hydrogens (tertiary/aromatic N) is 4. The summed E-state index contributed by atoms with van der Waals surface area (Å²) in [4.78, 5) is 0. The van der Waals surface area contributed by atoms with E-state index in [1.807, 2.05) is 16.8 Å². The van der Waals surface area contributed by atoms with E-state index in [9.17, 15) is 0 Å². The molecule has 4 rings (SSSR count). The number of para-hydroxylation sites is 1. The third kappa shape index (κ3) is 3.09. The van der Waals surface area contributed by atoms with E-state index in [0.29, 0.717) is 0 Å². The third-order valence-electron chi connectivity index (χ3n) is 5.38. The Morgan fingerprint density at radius 1 is 0.923 bits per heavy atom. The molecule has 0 radical (unpaired) electrons. The molecule has 1 N–H and O–H groups in total. The number of benzene rings is 2. The molecule has 0 amide bonds. The number of anilines is 1. The summed E-state index contributed by atoms with van der Waals surface area (Å²) in [7, 11) is 0. The van der Waals surface area contributed by atoms with Gasteiger partial charge in [0.15, 0.2) is 5.82 Å². The van der Waals surface area contributed by atoms with Gasteiger partial charge in [-0.2, -0.15) is 4.68 Å². The van der Waals surface area contributed by atoms with Crippen LogP contribution in [0.4, 0.5) is 5.69 Å². The first-order valence-electron chi connectivity index (χ1n) is 9.38. The second kappa shape index (κ2) is 6.90. The van der Waals surface area contributed by atoms with E-state index in [-0.39, 0.29) is 5.54 Å². The van der Waals surface area contributed by atoms with Crippen LogP contribution in [0.2, 0.25) is 0 Å². The van der Waals surface area contributed by atoms with Gasteiger partial charge in [-0.15, -0.1) is 5.10 Å². The summed E-state index contributed by atoms with van der Waals surface area (Å²) in [6.07, 6.45) is 5.70. The molecule has 1 fully saturated rings. The van der Waals surface area contributed by atoms with Gasteiger partial charge in [0.1, 0.15) is 0 Å². The van der Waals surface area contributed by atoms with Crippen LogP contribution < -0.4 is 5.32 Å². The Morgan fingerprint density at radius 3 is 2.38 bits per heavy atom. The summed E-state index contributed by atoms with van der Waals surface area (Å²) in [5.74, 6) is 0.909. The number of nitrogens with one attached hydrogen (secondary N) is 1. The molecular weight excluding hydrogens is 322 g/mol. The van der Waals surface area contributed by atoms with Crippen LogP contribution in [0.5, 0.6) is 0 Å². The minimum absolute atomic E-state index is 0.237. The zero-order valence-corrected chi connectivity index (χ0v) is 15.4. The van der Waals surface area contributed by atoms with Crippen molar-refractivity contribution >= 4 is 5.69 Å². The van der Waals surface area contributed by atoms with Crippen LogP contribution in [0.25, 0.3) is 5.69 Å². The molecule has 5 nitrogen and oxygen atoms in total. The molecule has 1 aliphatic rings. The predicted octanol–water partition coefficient (Wildman–Crippen LogP) is 4.55. The maximum atomic E-state index is 4.48. The second-order valence-corrected chi connectivity index (χ2v) is 7.33. The van der Waals surface area contributed by atoms with Crippen LogP contribution >= 0.6 is 0 Å². The Labute approximate surface area is 154 Å². The van der Waals surface area contributed by atoms with Gasteiger partial charge in [-0.05, 0) is 60.9 Å². The topological polar surface area (TPSA) is 55.6 Å². The van der Waals surface area contributed by atoms with E-state index in [4.69, 9.17) is 0 Å². The van der Waals surface area contributed by atoms with E-state index < -0.39 is 0 Å². The van der Waals surface area contributed by atoms with Crippen molar-refractivity contribution in [2.45, 2.75) is 51.5 Å². The van der Waals surface area contributed by atoms with Crippen molar-refractivity contribution in [2.75, 3.05) is 5.32 Å². The number of aryl methyl sites for hydroxylation is 2. The minimum Gasteiger partial charge on any atom is -0.373 e. The highest BCUT2D eigenvalue weighted by molar-refractivity contribution is 5.49. The van der Waals surface area contributed by atoms with Crippen molar-refractivity contribution < 1.29 is 0 Å². The number of hydrogen-bond donors (Lipinski definition) is 1. The van der Waals surface area contributed by atoms with Crippen molar-refractivity contribution in [3.8, 4) is 5.69 Å². The molecule has 26 heavy (non-hydrogen) atoms. The smallest absolute Gasteiger partial charge is 0.181 e. The lowest BCUT2D eigenvalue weighted by Gasteiger charge is -2.37. The van der Waals surface area contributed by atoms with Gasteiger partial charge in [0.2, 0.25) is 0 Å². The molecule has 1 saturated carbocycles. The quantitative estimate of drug-likeness (QED) is 0.752. The molecule has 0 bridgehead atoms. The molecule has 3 aromatic rings. The number of rotatable bonds is 4. The van der Waals surface area contributed by atoms with Crippen molar-refractivity contribution in [1.29, 1.82) is 0 Å². The van der Waals surface area contributed by atoms with Crippen LogP contribution in [-0.4, -0.2) is 20.2 Å². The molecule has 1 aliphatic carbocycles. The highest BCUT2D eigenvalue weighted by Crippen LogP contribution is 2.39. The lowest BCUT2D eigenvalue weighted by molar-refractivity contribution is 0.309. The lowest BCUT2D eigenvalue weighted by atomic mass is 9.80. The molecule has 134 valence electrons. The van der Waals surface area contributed by atoms with Crippen molar-refractivity contribution in [1.82, 2.24) is 20.2 Å². The molecule has 0 unspecified atom stereocenters. The highest BCUT2D eigenvalue weighted by atomic mass is 15.6. The van der Waals surface area contributed by atoms with Gasteiger partial charge in [0, 0.05) is 5.69 Å². The monoisotopic (exact) mass is 347 g/mol. The summed E-state index contributed by atoms with van der Waals surface area (Å²) in [6.45, 7) is 4.21. The van der Waals surface area contributed by atoms with E-state index in [2.05, 4.69) is 71.1 Å². The molecule has 1 heterocycles. The van der Waals surface area contributed by atoms with Crippen LogP contribution in [0.3, 0.4) is 0 Å². The summed E-state index contributed by atoms with van der Waals surface area (Å²) >= 11 is 0. The number of hydrogen-bond acceptors (Lipinski definition) is 4. The van der Waals surface area contributed by atoms with Gasteiger partial charge in [-0.1, -0.05) is 55.2 Å². The Hall–Kier alpha value is -2.69. The summed E-state index contributed by atoms with van der Waals surface area (Å²) in [5, 5.41) is 16.7. The first-order chi connectivity index (χ1) is 12.7. The van der Waals surface area contributed by atoms with Gasteiger partial charge in [0.05, 0.1) is 11.2 Å². The van der Waals surface area contributed by atoms with Crippen LogP contribution in [0.15, 0.2) is 48.5 Å². The molecule has 5 heteroatoms. The molecule has 0 spiro atoms. The maximum Gasteiger partial charge on any atom is 0.181 e. The van der Waals surface area contributed by atoms with Crippen LogP contribution in [0, 0.1) is 13.8 Å². The minimum atomic E-state index is -0.237. The zero-order valence-electron chi connectivity index (χ0n) is 15.4. The molecule has 0 aliphatic heterocycles. The average Bonchev–Trinajstić information content (AvgIpc) is 3.15. The molecular formula is C21H25N5. The first-order valence-corrected chi connectivity index (χ1v) is 9.38. The Morgan fingerprint density at radius 2 is 1.65 bits per heavy atom. The Bertz CT molecular complexity index is 875. The standard InChI is InChI=1S/C21H25N5/c1-16-10-12-18(13-11-16)22-21(14-6-3-7-15-21)20-23-24-25-26(20)19-9-5-4-8-17(19)2/h4-5,8-13,22H,3,6-7,14-15H2,1-2H3. The van der Waals surface area contributed by atoms with Gasteiger partial charge in [-0.3, -0.25) is 0 Å². The molecule has 0 saturated heterocycles. The summed E-state index contributed by atoms with van der Waals surface area (Å²) in [6, 6.07) is 16.8. The average molecular weight is 347 g/mol. The first kappa shape index (κ1) is 16.8. The second-order valence-electron chi connectivity index (χ2n) is 7.33. The lowest BCUT2D eigenvalue weighted by Crippen LogP contribution is -2.40. The summed E-state index contributed by atoms with van der Waals surface area (Å²) < 4.78 is 1.92. The molecule has 1 aromatic heterocycles. The van der Waals surface area contributed by atoms with Crippen molar-refractivity contribution in [3.63, 3.8) is 0 Å².